The molecule has 0 fully saturated rings. The van der Waals surface area contributed by atoms with E-state index in [4.69, 9.17) is 0 Å². The van der Waals surface area contributed by atoms with Crippen molar-refractivity contribution in [3.8, 4) is 0 Å². The fraction of sp³-hybridized carbons (Fsp3) is 0.294. The third-order valence-electron chi connectivity index (χ3n) is 9.10. The zero-order valence-electron chi connectivity index (χ0n) is 23.7. The van der Waals surface area contributed by atoms with Crippen molar-refractivity contribution < 1.29 is 19.2 Å². The predicted octanol–water partition coefficient (Wildman–Crippen LogP) is 8.83. The first kappa shape index (κ1) is 27.5. The molecule has 6 nitrogen and oxygen atoms in total. The van der Waals surface area contributed by atoms with E-state index in [0.717, 1.165) is 66.9 Å². The minimum atomic E-state index is -0.287. The number of imide groups is 2. The Hall–Kier alpha value is -3.36. The van der Waals surface area contributed by atoms with Crippen LogP contribution in [0.25, 0.3) is 43.1 Å². The second-order valence-electron chi connectivity index (χ2n) is 11.6. The van der Waals surface area contributed by atoms with Crippen molar-refractivity contribution in [2.75, 3.05) is 0 Å². The number of hydrogen-bond acceptors (Lipinski definition) is 4. The molecule has 2 aliphatic rings. The summed E-state index contributed by atoms with van der Waals surface area (Å²) in [5, 5.41) is 6.36. The van der Waals surface area contributed by atoms with Gasteiger partial charge in [-0.3, -0.25) is 29.0 Å². The van der Waals surface area contributed by atoms with E-state index < -0.39 is 0 Å². The Morgan fingerprint density at radius 2 is 0.905 bits per heavy atom. The van der Waals surface area contributed by atoms with Crippen LogP contribution in [0.1, 0.15) is 94.8 Å². The van der Waals surface area contributed by atoms with E-state index in [9.17, 15) is 19.2 Å². The van der Waals surface area contributed by atoms with E-state index in [0.29, 0.717) is 33.0 Å². The number of fused-ring (bicyclic) bond motifs is 2. The van der Waals surface area contributed by atoms with Crippen molar-refractivity contribution in [1.29, 1.82) is 0 Å². The Labute approximate surface area is 259 Å². The van der Waals surface area contributed by atoms with Gasteiger partial charge in [-0.25, -0.2) is 0 Å². The topological polar surface area (TPSA) is 74.8 Å². The van der Waals surface area contributed by atoms with E-state index in [1.165, 1.54) is 9.80 Å². The van der Waals surface area contributed by atoms with Gasteiger partial charge in [0.1, 0.15) is 0 Å². The standard InChI is InChI=1S/C34H28Br2N2O4/c1-5-7-15(3)37-31(39)19-11-9-17-28-24(36)14-22-26-20(32(40)38(34(22)42)16(4)8-6-2)12-10-18(30(26)28)27-23(35)13-21(33(37)41)25(19)29(17)27/h9-16H,5-8H2,1-4H3. The number of hydrogen-bond donors (Lipinski definition) is 0. The molecule has 2 unspecified atom stereocenters. The number of benzene rings is 5. The lowest BCUT2D eigenvalue weighted by Crippen LogP contribution is -2.46. The minimum absolute atomic E-state index is 0.218. The van der Waals surface area contributed by atoms with Crippen molar-refractivity contribution in [3.05, 3.63) is 67.6 Å². The quantitative estimate of drug-likeness (QED) is 0.102. The Balaban J connectivity index is 1.60. The summed E-state index contributed by atoms with van der Waals surface area (Å²) in [4.78, 5) is 58.1. The number of amides is 4. The van der Waals surface area contributed by atoms with Crippen LogP contribution in [0.15, 0.2) is 45.3 Å². The second-order valence-corrected chi connectivity index (χ2v) is 13.3. The van der Waals surface area contributed by atoms with Crippen molar-refractivity contribution in [2.24, 2.45) is 0 Å². The number of carbonyl (C=O) groups is 4. The van der Waals surface area contributed by atoms with Crippen LogP contribution in [0.4, 0.5) is 0 Å². The highest BCUT2D eigenvalue weighted by atomic mass is 79.9. The molecule has 0 spiro atoms. The summed E-state index contributed by atoms with van der Waals surface area (Å²) in [5.41, 5.74) is 2.01. The van der Waals surface area contributed by atoms with Crippen LogP contribution in [0.5, 0.6) is 0 Å². The van der Waals surface area contributed by atoms with E-state index in [2.05, 4.69) is 31.9 Å². The van der Waals surface area contributed by atoms with E-state index >= 15 is 0 Å². The van der Waals surface area contributed by atoms with Crippen LogP contribution < -0.4 is 0 Å². The number of carbonyl (C=O) groups excluding carboxylic acids is 4. The first-order chi connectivity index (χ1) is 20.1. The van der Waals surface area contributed by atoms with Crippen LogP contribution in [0, 0.1) is 0 Å². The maximum atomic E-state index is 13.8. The molecule has 212 valence electrons. The molecule has 2 atom stereocenters. The van der Waals surface area contributed by atoms with E-state index in [-0.39, 0.29) is 35.7 Å². The third kappa shape index (κ3) is 3.42. The maximum absolute atomic E-state index is 13.8. The van der Waals surface area contributed by atoms with Crippen LogP contribution in [0.3, 0.4) is 0 Å². The molecule has 7 rings (SSSR count). The summed E-state index contributed by atoms with van der Waals surface area (Å²) < 4.78 is 1.45. The van der Waals surface area contributed by atoms with Crippen LogP contribution in [-0.2, 0) is 0 Å². The van der Waals surface area contributed by atoms with Gasteiger partial charge in [0.05, 0.1) is 0 Å². The van der Waals surface area contributed by atoms with Gasteiger partial charge in [-0.2, -0.15) is 0 Å². The molecule has 0 saturated carbocycles. The normalized spacial score (nSPS) is 16.6. The van der Waals surface area contributed by atoms with Gasteiger partial charge in [0.25, 0.3) is 23.6 Å². The SMILES string of the molecule is CCCC(C)N1C(=O)c2ccc3c4c(Br)cc5c6c(ccc(c7c(Br)cc(c2c37)C1=O)c64)C(=O)N(C(C)CCC)C5=O. The van der Waals surface area contributed by atoms with Gasteiger partial charge in [-0.1, -0.05) is 70.7 Å². The Kier molecular flexibility index (Phi) is 6.26. The third-order valence-corrected chi connectivity index (χ3v) is 10.3. The number of halogens is 2. The molecule has 0 aliphatic carbocycles. The zero-order chi connectivity index (χ0) is 29.8. The first-order valence-corrected chi connectivity index (χ1v) is 16.1. The van der Waals surface area contributed by atoms with Crippen molar-refractivity contribution in [3.63, 3.8) is 0 Å². The fourth-order valence-electron chi connectivity index (χ4n) is 7.30. The predicted molar refractivity (Wildman–Crippen MR) is 173 cm³/mol. The summed E-state index contributed by atoms with van der Waals surface area (Å²) in [6.07, 6.45) is 3.18. The van der Waals surface area contributed by atoms with Gasteiger partial charge in [0.15, 0.2) is 0 Å². The molecule has 8 heteroatoms. The lowest BCUT2D eigenvalue weighted by Gasteiger charge is -2.34. The molecule has 0 aromatic heterocycles. The average molecular weight is 688 g/mol. The van der Waals surface area contributed by atoms with Crippen molar-refractivity contribution in [1.82, 2.24) is 9.80 Å². The molecular formula is C34H28Br2N2O4. The monoisotopic (exact) mass is 686 g/mol. The maximum Gasteiger partial charge on any atom is 0.261 e. The molecule has 0 bridgehead atoms. The van der Waals surface area contributed by atoms with Gasteiger partial charge in [-0.15, -0.1) is 0 Å². The second kappa shape index (κ2) is 9.58. The molecule has 4 amide bonds. The molecule has 0 saturated heterocycles. The highest BCUT2D eigenvalue weighted by Crippen LogP contribution is 2.50. The highest BCUT2D eigenvalue weighted by molar-refractivity contribution is 9.11. The van der Waals surface area contributed by atoms with Crippen molar-refractivity contribution in [2.45, 2.75) is 65.5 Å². The molecule has 42 heavy (non-hydrogen) atoms. The minimum Gasteiger partial charge on any atom is -0.272 e. The Morgan fingerprint density at radius 3 is 1.26 bits per heavy atom. The van der Waals surface area contributed by atoms with Crippen LogP contribution in [-0.4, -0.2) is 45.5 Å². The van der Waals surface area contributed by atoms with E-state index in [1.807, 2.05) is 64.1 Å². The van der Waals surface area contributed by atoms with Gasteiger partial charge in [-0.05, 0) is 61.7 Å². The summed E-state index contributed by atoms with van der Waals surface area (Å²) in [6, 6.07) is 10.7. The Morgan fingerprint density at radius 1 is 0.548 bits per heavy atom. The van der Waals surface area contributed by atoms with Crippen molar-refractivity contribution >= 4 is 98.6 Å². The smallest absolute Gasteiger partial charge is 0.261 e. The molecule has 5 aromatic carbocycles. The zero-order valence-corrected chi connectivity index (χ0v) is 26.9. The largest absolute Gasteiger partial charge is 0.272 e. The molecule has 0 radical (unpaired) electrons. The molecule has 0 N–H and O–H groups in total. The number of nitrogens with zero attached hydrogens (tertiary/aromatic N) is 2. The molecule has 2 heterocycles. The van der Waals surface area contributed by atoms with Crippen LogP contribution in [0.2, 0.25) is 0 Å². The Bertz CT molecular complexity index is 1920. The van der Waals surface area contributed by atoms with Gasteiger partial charge >= 0.3 is 0 Å². The lowest BCUT2D eigenvalue weighted by atomic mass is 9.82. The van der Waals surface area contributed by atoms with Gasteiger partial charge in [0.2, 0.25) is 0 Å². The van der Waals surface area contributed by atoms with Gasteiger partial charge < -0.3 is 0 Å². The highest BCUT2D eigenvalue weighted by Gasteiger charge is 2.40. The fourth-order valence-corrected chi connectivity index (χ4v) is 8.58. The number of rotatable bonds is 6. The summed E-state index contributed by atoms with van der Waals surface area (Å²) >= 11 is 7.56. The average Bonchev–Trinajstić information content (AvgIpc) is 2.95. The summed E-state index contributed by atoms with van der Waals surface area (Å²) in [6.45, 7) is 7.92. The van der Waals surface area contributed by atoms with Gasteiger partial charge in [0, 0.05) is 75.6 Å². The summed E-state index contributed by atoms with van der Waals surface area (Å²) in [5.74, 6) is -1.13. The molecular weight excluding hydrogens is 660 g/mol. The summed E-state index contributed by atoms with van der Waals surface area (Å²) in [7, 11) is 0. The van der Waals surface area contributed by atoms with E-state index in [1.54, 1.807) is 0 Å². The molecule has 2 aliphatic heterocycles. The molecule has 5 aromatic rings. The first-order valence-electron chi connectivity index (χ1n) is 14.5. The van der Waals surface area contributed by atoms with Crippen LogP contribution >= 0.6 is 31.9 Å². The lowest BCUT2D eigenvalue weighted by molar-refractivity contribution is 0.0528.